The summed E-state index contributed by atoms with van der Waals surface area (Å²) >= 11 is 6.03. The van der Waals surface area contributed by atoms with Gasteiger partial charge in [-0.2, -0.15) is 5.26 Å². The van der Waals surface area contributed by atoms with Crippen LogP contribution >= 0.6 is 11.6 Å². The van der Waals surface area contributed by atoms with Gasteiger partial charge in [-0.1, -0.05) is 35.0 Å². The zero-order valence-electron chi connectivity index (χ0n) is 13.9. The number of para-hydroxylation sites is 2. The molecule has 6 nitrogen and oxygen atoms in total. The normalized spacial score (nSPS) is 10.9. The molecule has 4 rings (SSSR count). The molecule has 0 N–H and O–H groups in total. The van der Waals surface area contributed by atoms with Crippen molar-refractivity contribution >= 4 is 22.6 Å². The smallest absolute Gasteiger partial charge is 0.111 e. The Balaban J connectivity index is 1.56. The van der Waals surface area contributed by atoms with Crippen molar-refractivity contribution in [3.63, 3.8) is 0 Å². The van der Waals surface area contributed by atoms with Crippen LogP contribution in [0.3, 0.4) is 0 Å². The third kappa shape index (κ3) is 3.17. The van der Waals surface area contributed by atoms with Gasteiger partial charge in [0.1, 0.15) is 12.4 Å². The van der Waals surface area contributed by atoms with Crippen molar-refractivity contribution in [1.29, 1.82) is 5.26 Å². The highest BCUT2D eigenvalue weighted by atomic mass is 35.5. The van der Waals surface area contributed by atoms with Gasteiger partial charge in [0.2, 0.25) is 0 Å². The summed E-state index contributed by atoms with van der Waals surface area (Å²) in [5, 5.41) is 18.2. The van der Waals surface area contributed by atoms with E-state index in [1.54, 1.807) is 4.68 Å². The molecule has 2 aromatic carbocycles. The fourth-order valence-corrected chi connectivity index (χ4v) is 3.15. The molecular weight excluding hydrogens is 348 g/mol. The highest BCUT2D eigenvalue weighted by Crippen LogP contribution is 2.18. The molecule has 0 bridgehead atoms. The fourth-order valence-electron chi connectivity index (χ4n) is 2.96. The molecule has 7 heteroatoms. The number of halogens is 1. The Hall–Kier alpha value is -3.17. The highest BCUT2D eigenvalue weighted by Gasteiger charge is 2.11. The van der Waals surface area contributed by atoms with E-state index in [-0.39, 0.29) is 6.54 Å². The number of hydrogen-bond donors (Lipinski definition) is 0. The van der Waals surface area contributed by atoms with E-state index in [1.807, 2.05) is 59.3 Å². The number of fused-ring (bicyclic) bond motifs is 1. The first kappa shape index (κ1) is 16.3. The van der Waals surface area contributed by atoms with E-state index in [9.17, 15) is 0 Å². The molecule has 0 amide bonds. The zero-order chi connectivity index (χ0) is 17.9. The third-order valence-electron chi connectivity index (χ3n) is 4.18. The van der Waals surface area contributed by atoms with Gasteiger partial charge < -0.3 is 4.57 Å². The number of imidazole rings is 1. The molecule has 4 aromatic rings. The van der Waals surface area contributed by atoms with Crippen LogP contribution in [0.2, 0.25) is 5.02 Å². The van der Waals surface area contributed by atoms with Crippen LogP contribution in [0.5, 0.6) is 0 Å². The van der Waals surface area contributed by atoms with Crippen LogP contribution in [0.1, 0.15) is 11.5 Å². The monoisotopic (exact) mass is 362 g/mol. The topological polar surface area (TPSA) is 72.3 Å². The van der Waals surface area contributed by atoms with Crippen molar-refractivity contribution < 1.29 is 0 Å². The summed E-state index contributed by atoms with van der Waals surface area (Å²) in [4.78, 5) is 4.66. The maximum absolute atomic E-state index is 9.12. The first-order valence-electron chi connectivity index (χ1n) is 8.23. The van der Waals surface area contributed by atoms with Crippen molar-refractivity contribution in [2.45, 2.75) is 19.4 Å². The Morgan fingerprint density at radius 2 is 1.96 bits per heavy atom. The van der Waals surface area contributed by atoms with Gasteiger partial charge in [-0.3, -0.25) is 0 Å². The van der Waals surface area contributed by atoms with Gasteiger partial charge in [0.15, 0.2) is 0 Å². The Labute approximate surface area is 155 Å². The van der Waals surface area contributed by atoms with Gasteiger partial charge in [-0.15, -0.1) is 5.10 Å². The second kappa shape index (κ2) is 6.98. The molecule has 0 unspecified atom stereocenters. The predicted molar refractivity (Wildman–Crippen MR) is 99.1 cm³/mol. The van der Waals surface area contributed by atoms with E-state index < -0.39 is 0 Å². The molecule has 2 heterocycles. The van der Waals surface area contributed by atoms with Crippen LogP contribution in [0.4, 0.5) is 0 Å². The van der Waals surface area contributed by atoms with Gasteiger partial charge in [-0.05, 0) is 30.3 Å². The summed E-state index contributed by atoms with van der Waals surface area (Å²) in [7, 11) is 0. The average Bonchev–Trinajstić information content (AvgIpc) is 3.26. The van der Waals surface area contributed by atoms with E-state index >= 15 is 0 Å². The molecule has 0 saturated heterocycles. The molecule has 128 valence electrons. The minimum absolute atomic E-state index is 0.283. The van der Waals surface area contributed by atoms with Gasteiger partial charge in [0, 0.05) is 17.9 Å². The number of nitriles is 1. The lowest BCUT2D eigenvalue weighted by Crippen LogP contribution is -2.04. The second-order valence-corrected chi connectivity index (χ2v) is 6.33. The van der Waals surface area contributed by atoms with Gasteiger partial charge in [0.05, 0.1) is 34.7 Å². The summed E-state index contributed by atoms with van der Waals surface area (Å²) in [6, 6.07) is 17.5. The molecule has 0 saturated carbocycles. The molecule has 0 aliphatic heterocycles. The first-order valence-corrected chi connectivity index (χ1v) is 8.60. The first-order chi connectivity index (χ1) is 12.7. The van der Waals surface area contributed by atoms with E-state index in [0.29, 0.717) is 17.9 Å². The van der Waals surface area contributed by atoms with Crippen molar-refractivity contribution in [2.24, 2.45) is 0 Å². The average molecular weight is 363 g/mol. The van der Waals surface area contributed by atoms with Crippen LogP contribution < -0.4 is 0 Å². The Kier molecular flexibility index (Phi) is 4.38. The number of aryl methyl sites for hydroxylation is 2. The fraction of sp³-hybridized carbons (Fsp3) is 0.158. The van der Waals surface area contributed by atoms with Gasteiger partial charge in [0.25, 0.3) is 0 Å². The van der Waals surface area contributed by atoms with Gasteiger partial charge >= 0.3 is 0 Å². The van der Waals surface area contributed by atoms with E-state index in [0.717, 1.165) is 28.2 Å². The molecule has 2 aromatic heterocycles. The maximum Gasteiger partial charge on any atom is 0.111 e. The summed E-state index contributed by atoms with van der Waals surface area (Å²) in [5.74, 6) is 0.880. The number of rotatable bonds is 5. The molecule has 0 atom stereocenters. The second-order valence-electron chi connectivity index (χ2n) is 5.90. The molecule has 0 radical (unpaired) electrons. The summed E-state index contributed by atoms with van der Waals surface area (Å²) in [6.07, 6.45) is 3.27. The van der Waals surface area contributed by atoms with Crippen LogP contribution in [0.25, 0.3) is 16.7 Å². The zero-order valence-corrected chi connectivity index (χ0v) is 14.6. The lowest BCUT2D eigenvalue weighted by atomic mass is 10.2. The summed E-state index contributed by atoms with van der Waals surface area (Å²) < 4.78 is 3.66. The van der Waals surface area contributed by atoms with E-state index in [4.69, 9.17) is 16.9 Å². The Bertz CT molecular complexity index is 1100. The van der Waals surface area contributed by atoms with Crippen LogP contribution in [-0.4, -0.2) is 24.5 Å². The molecule has 0 aliphatic rings. The summed E-state index contributed by atoms with van der Waals surface area (Å²) in [5.41, 5.74) is 3.61. The minimum atomic E-state index is 0.283. The third-order valence-corrected chi connectivity index (χ3v) is 4.42. The standard InChI is InChI=1S/C19H15ClN6/c20-14-4-3-5-16(12-14)26-13-15(23-24-26)8-9-19-22-17-6-1-2-7-18(17)25(19)11-10-21/h1-7,12-13H,8-9,11H2. The van der Waals surface area contributed by atoms with Crippen LogP contribution in [0.15, 0.2) is 54.7 Å². The summed E-state index contributed by atoms with van der Waals surface area (Å²) in [6.45, 7) is 0.283. The Morgan fingerprint density at radius 3 is 2.81 bits per heavy atom. The number of benzene rings is 2. The molecule has 26 heavy (non-hydrogen) atoms. The number of hydrogen-bond acceptors (Lipinski definition) is 4. The lowest BCUT2D eigenvalue weighted by Gasteiger charge is -2.03. The molecule has 0 fully saturated rings. The SMILES string of the molecule is N#CCn1c(CCc2cn(-c3cccc(Cl)c3)nn2)nc2ccccc21. The quantitative estimate of drug-likeness (QED) is 0.544. The Morgan fingerprint density at radius 1 is 1.08 bits per heavy atom. The molecule has 0 aliphatic carbocycles. The predicted octanol–water partition coefficient (Wildman–Crippen LogP) is 3.58. The van der Waals surface area contributed by atoms with Crippen molar-refractivity contribution in [2.75, 3.05) is 0 Å². The largest absolute Gasteiger partial charge is 0.314 e. The van der Waals surface area contributed by atoms with Gasteiger partial charge in [-0.25, -0.2) is 9.67 Å². The molecular formula is C19H15ClN6. The van der Waals surface area contributed by atoms with E-state index in [2.05, 4.69) is 21.4 Å². The van der Waals surface area contributed by atoms with Crippen LogP contribution in [-0.2, 0) is 19.4 Å². The maximum atomic E-state index is 9.12. The number of aromatic nitrogens is 5. The lowest BCUT2D eigenvalue weighted by molar-refractivity contribution is 0.737. The van der Waals surface area contributed by atoms with Crippen molar-refractivity contribution in [1.82, 2.24) is 24.5 Å². The highest BCUT2D eigenvalue weighted by molar-refractivity contribution is 6.30. The minimum Gasteiger partial charge on any atom is -0.314 e. The van der Waals surface area contributed by atoms with Crippen LogP contribution in [0, 0.1) is 11.3 Å². The molecule has 0 spiro atoms. The van der Waals surface area contributed by atoms with E-state index in [1.165, 1.54) is 0 Å². The van der Waals surface area contributed by atoms with Crippen molar-refractivity contribution in [3.05, 3.63) is 71.3 Å². The number of nitrogens with zero attached hydrogens (tertiary/aromatic N) is 6. The van der Waals surface area contributed by atoms with Crippen molar-refractivity contribution in [3.8, 4) is 11.8 Å².